The second kappa shape index (κ2) is 9.52. The fourth-order valence-electron chi connectivity index (χ4n) is 1.94. The van der Waals surface area contributed by atoms with Crippen molar-refractivity contribution in [1.82, 2.24) is 5.32 Å². The molecule has 0 heterocycles. The molecule has 21 heavy (non-hydrogen) atoms. The van der Waals surface area contributed by atoms with Crippen LogP contribution in [-0.4, -0.2) is 40.4 Å². The van der Waals surface area contributed by atoms with Crippen LogP contribution in [0, 0.1) is 0 Å². The number of nitrogens with one attached hydrogen (secondary N) is 1. The number of hydrogen-bond donors (Lipinski definition) is 1. The van der Waals surface area contributed by atoms with Gasteiger partial charge in [0.05, 0.1) is 26.9 Å². The lowest BCUT2D eigenvalue weighted by Gasteiger charge is -2.20. The Morgan fingerprint density at radius 1 is 1.10 bits per heavy atom. The molecule has 0 spiro atoms. The van der Waals surface area contributed by atoms with Crippen molar-refractivity contribution in [3.63, 3.8) is 0 Å². The van der Waals surface area contributed by atoms with E-state index in [4.69, 9.17) is 14.2 Å². The Bertz CT molecular complexity index is 416. The molecule has 0 saturated carbocycles. The average molecular weight is 303 g/mol. The first-order valence-electron chi connectivity index (χ1n) is 6.93. The molecule has 6 heteroatoms. The maximum absolute atomic E-state index is 12.2. The molecule has 1 N–H and O–H groups in total. The van der Waals surface area contributed by atoms with Gasteiger partial charge >= 0.3 is 0 Å². The van der Waals surface area contributed by atoms with Gasteiger partial charge in [-0.05, 0) is 30.7 Å². The third-order valence-corrected chi connectivity index (χ3v) is 2.98. The third kappa shape index (κ3) is 5.85. The van der Waals surface area contributed by atoms with Gasteiger partial charge in [0.15, 0.2) is 11.5 Å². The maximum atomic E-state index is 12.2. The molecule has 0 bridgehead atoms. The molecule has 120 valence electrons. The molecule has 0 aliphatic rings. The molecular weight excluding hydrogens is 280 g/mol. The molecular formula is C15H23F2NO3. The minimum absolute atomic E-state index is 0.163. The highest BCUT2D eigenvalue weighted by Crippen LogP contribution is 2.30. The summed E-state index contributed by atoms with van der Waals surface area (Å²) in [4.78, 5) is 0. The van der Waals surface area contributed by atoms with E-state index in [1.807, 2.05) is 19.1 Å². The molecule has 0 aromatic heterocycles. The molecule has 0 aliphatic carbocycles. The van der Waals surface area contributed by atoms with Crippen molar-refractivity contribution in [1.29, 1.82) is 0 Å². The van der Waals surface area contributed by atoms with Crippen LogP contribution in [0.15, 0.2) is 18.2 Å². The van der Waals surface area contributed by atoms with Crippen molar-refractivity contribution in [2.24, 2.45) is 0 Å². The van der Waals surface area contributed by atoms with Crippen LogP contribution in [0.5, 0.6) is 11.5 Å². The molecule has 1 atom stereocenters. The van der Waals surface area contributed by atoms with Gasteiger partial charge in [-0.25, -0.2) is 8.78 Å². The Labute approximate surface area is 124 Å². The van der Waals surface area contributed by atoms with E-state index in [0.29, 0.717) is 11.5 Å². The highest BCUT2D eigenvalue weighted by Gasteiger charge is 2.15. The quantitative estimate of drug-likeness (QED) is 0.721. The highest BCUT2D eigenvalue weighted by molar-refractivity contribution is 5.43. The zero-order valence-electron chi connectivity index (χ0n) is 12.7. The van der Waals surface area contributed by atoms with Crippen LogP contribution in [-0.2, 0) is 4.74 Å². The van der Waals surface area contributed by atoms with E-state index >= 15 is 0 Å². The molecule has 1 aromatic carbocycles. The SMILES string of the molecule is CCCNC(COCC(F)F)c1ccc(OC)c(OC)c1. The van der Waals surface area contributed by atoms with Crippen LogP contribution < -0.4 is 14.8 Å². The van der Waals surface area contributed by atoms with E-state index in [2.05, 4.69) is 5.32 Å². The van der Waals surface area contributed by atoms with Gasteiger partial charge < -0.3 is 19.5 Å². The minimum Gasteiger partial charge on any atom is -0.493 e. The Hall–Kier alpha value is -1.40. The Morgan fingerprint density at radius 3 is 2.38 bits per heavy atom. The van der Waals surface area contributed by atoms with Crippen LogP contribution in [0.4, 0.5) is 8.78 Å². The first kappa shape index (κ1) is 17.7. The molecule has 1 unspecified atom stereocenters. The summed E-state index contributed by atoms with van der Waals surface area (Å²) in [5.74, 6) is 1.23. The summed E-state index contributed by atoms with van der Waals surface area (Å²) in [6.07, 6.45) is -1.51. The lowest BCUT2D eigenvalue weighted by atomic mass is 10.1. The van der Waals surface area contributed by atoms with Crippen molar-refractivity contribution in [3.8, 4) is 11.5 Å². The van der Waals surface area contributed by atoms with E-state index in [-0.39, 0.29) is 12.6 Å². The van der Waals surface area contributed by atoms with Gasteiger partial charge in [-0.1, -0.05) is 13.0 Å². The second-order valence-corrected chi connectivity index (χ2v) is 4.55. The number of methoxy groups -OCH3 is 2. The zero-order chi connectivity index (χ0) is 15.7. The van der Waals surface area contributed by atoms with Gasteiger partial charge in [-0.2, -0.15) is 0 Å². The summed E-state index contributed by atoms with van der Waals surface area (Å²) < 4.78 is 39.9. The first-order valence-corrected chi connectivity index (χ1v) is 6.93. The molecule has 4 nitrogen and oxygen atoms in total. The number of halogens is 2. The zero-order valence-corrected chi connectivity index (χ0v) is 12.7. The first-order chi connectivity index (χ1) is 10.1. The average Bonchev–Trinajstić information content (AvgIpc) is 2.49. The van der Waals surface area contributed by atoms with E-state index in [0.717, 1.165) is 18.5 Å². The predicted molar refractivity (Wildman–Crippen MR) is 77.4 cm³/mol. The van der Waals surface area contributed by atoms with Gasteiger partial charge in [0.2, 0.25) is 0 Å². The maximum Gasteiger partial charge on any atom is 0.261 e. The predicted octanol–water partition coefficient (Wildman–Crippen LogP) is 3.03. The number of rotatable bonds is 10. The van der Waals surface area contributed by atoms with Gasteiger partial charge in [-0.15, -0.1) is 0 Å². The molecule has 1 rings (SSSR count). The standard InChI is InChI=1S/C15H23F2NO3/c1-4-7-18-12(9-21-10-15(16)17)11-5-6-13(19-2)14(8-11)20-3/h5-6,8,12,15,18H,4,7,9-10H2,1-3H3. The molecule has 0 radical (unpaired) electrons. The normalized spacial score (nSPS) is 12.5. The minimum atomic E-state index is -2.46. The number of hydrogen-bond acceptors (Lipinski definition) is 4. The lowest BCUT2D eigenvalue weighted by molar-refractivity contribution is 0.00919. The smallest absolute Gasteiger partial charge is 0.261 e. The van der Waals surface area contributed by atoms with Crippen molar-refractivity contribution in [2.75, 3.05) is 34.0 Å². The summed E-state index contributed by atoms with van der Waals surface area (Å²) in [5.41, 5.74) is 0.912. The molecule has 0 saturated heterocycles. The summed E-state index contributed by atoms with van der Waals surface area (Å²) in [6, 6.07) is 5.34. The van der Waals surface area contributed by atoms with Gasteiger partial charge in [0.25, 0.3) is 6.43 Å². The summed E-state index contributed by atoms with van der Waals surface area (Å²) in [7, 11) is 3.12. The van der Waals surface area contributed by atoms with Crippen molar-refractivity contribution < 1.29 is 23.0 Å². The van der Waals surface area contributed by atoms with Gasteiger partial charge in [-0.3, -0.25) is 0 Å². The van der Waals surface area contributed by atoms with E-state index in [1.54, 1.807) is 20.3 Å². The van der Waals surface area contributed by atoms with Gasteiger partial charge in [0, 0.05) is 0 Å². The number of alkyl halides is 2. The second-order valence-electron chi connectivity index (χ2n) is 4.55. The van der Waals surface area contributed by atoms with Crippen LogP contribution in [0.3, 0.4) is 0 Å². The Balaban J connectivity index is 2.80. The van der Waals surface area contributed by atoms with Crippen LogP contribution in [0.25, 0.3) is 0 Å². The molecule has 0 fully saturated rings. The third-order valence-electron chi connectivity index (χ3n) is 2.98. The van der Waals surface area contributed by atoms with E-state index < -0.39 is 13.0 Å². The van der Waals surface area contributed by atoms with Crippen molar-refractivity contribution in [3.05, 3.63) is 23.8 Å². The monoisotopic (exact) mass is 303 g/mol. The fraction of sp³-hybridized carbons (Fsp3) is 0.600. The highest BCUT2D eigenvalue weighted by atomic mass is 19.3. The van der Waals surface area contributed by atoms with Gasteiger partial charge in [0.1, 0.15) is 6.61 Å². The van der Waals surface area contributed by atoms with Crippen LogP contribution >= 0.6 is 0 Å². The Morgan fingerprint density at radius 2 is 1.81 bits per heavy atom. The number of benzene rings is 1. The molecule has 0 amide bonds. The molecule has 1 aromatic rings. The number of ether oxygens (including phenoxy) is 3. The largest absolute Gasteiger partial charge is 0.493 e. The fourth-order valence-corrected chi connectivity index (χ4v) is 1.94. The summed E-state index contributed by atoms with van der Waals surface area (Å²) in [6.45, 7) is 2.44. The Kier molecular flexibility index (Phi) is 8.00. The van der Waals surface area contributed by atoms with E-state index in [9.17, 15) is 8.78 Å². The van der Waals surface area contributed by atoms with Crippen molar-refractivity contribution in [2.45, 2.75) is 25.8 Å². The van der Waals surface area contributed by atoms with Crippen molar-refractivity contribution >= 4 is 0 Å². The lowest BCUT2D eigenvalue weighted by Crippen LogP contribution is -2.27. The summed E-state index contributed by atoms with van der Waals surface area (Å²) >= 11 is 0. The van der Waals surface area contributed by atoms with Crippen LogP contribution in [0.1, 0.15) is 24.9 Å². The topological polar surface area (TPSA) is 39.7 Å². The van der Waals surface area contributed by atoms with Crippen LogP contribution in [0.2, 0.25) is 0 Å². The summed E-state index contributed by atoms with van der Waals surface area (Å²) in [5, 5.41) is 3.28. The molecule has 0 aliphatic heterocycles. The van der Waals surface area contributed by atoms with E-state index in [1.165, 1.54) is 0 Å².